The summed E-state index contributed by atoms with van der Waals surface area (Å²) in [6.07, 6.45) is 8.34. The molecule has 0 aromatic rings. The van der Waals surface area contributed by atoms with Gasteiger partial charge in [0.05, 0.1) is 0 Å². The fourth-order valence-corrected chi connectivity index (χ4v) is 4.58. The van der Waals surface area contributed by atoms with Crippen molar-refractivity contribution in [3.63, 3.8) is 0 Å². The lowest BCUT2D eigenvalue weighted by atomic mass is 9.67. The Hall–Kier alpha value is -0.0800. The van der Waals surface area contributed by atoms with Gasteiger partial charge in [-0.05, 0) is 62.4 Å². The van der Waals surface area contributed by atoms with Crippen molar-refractivity contribution in [2.45, 2.75) is 85.2 Å². The summed E-state index contributed by atoms with van der Waals surface area (Å²) >= 11 is 0. The van der Waals surface area contributed by atoms with Crippen LogP contribution in [0.5, 0.6) is 0 Å². The zero-order valence-electron chi connectivity index (χ0n) is 15.1. The molecule has 2 heteroatoms. The molecule has 0 radical (unpaired) electrons. The third-order valence-electron chi connectivity index (χ3n) is 6.46. The zero-order valence-corrected chi connectivity index (χ0v) is 15.1. The number of likely N-dealkylation sites (tertiary alicyclic amines) is 1. The van der Waals surface area contributed by atoms with Crippen LogP contribution in [0.3, 0.4) is 0 Å². The van der Waals surface area contributed by atoms with Gasteiger partial charge in [-0.15, -0.1) is 0 Å². The number of hydrogen-bond acceptors (Lipinski definition) is 2. The van der Waals surface area contributed by atoms with E-state index in [-0.39, 0.29) is 0 Å². The first-order valence-corrected chi connectivity index (χ1v) is 9.45. The van der Waals surface area contributed by atoms with Crippen LogP contribution in [-0.4, -0.2) is 36.6 Å². The molecule has 1 saturated heterocycles. The average molecular weight is 295 g/mol. The molecule has 2 rings (SSSR count). The number of rotatable bonds is 5. The number of piperidine rings is 1. The Morgan fingerprint density at radius 3 is 2.52 bits per heavy atom. The highest BCUT2D eigenvalue weighted by atomic mass is 15.2. The van der Waals surface area contributed by atoms with Crippen molar-refractivity contribution in [2.75, 3.05) is 19.6 Å². The van der Waals surface area contributed by atoms with Gasteiger partial charge in [-0.1, -0.05) is 41.0 Å². The highest BCUT2D eigenvalue weighted by Crippen LogP contribution is 2.42. The Morgan fingerprint density at radius 2 is 1.90 bits per heavy atom. The molecule has 0 aromatic heterocycles. The first-order valence-electron chi connectivity index (χ1n) is 9.45. The maximum absolute atomic E-state index is 3.80. The highest BCUT2D eigenvalue weighted by molar-refractivity contribution is 4.95. The van der Waals surface area contributed by atoms with E-state index in [9.17, 15) is 0 Å². The van der Waals surface area contributed by atoms with Gasteiger partial charge in [-0.2, -0.15) is 0 Å². The van der Waals surface area contributed by atoms with E-state index in [0.717, 1.165) is 30.5 Å². The Morgan fingerprint density at radius 1 is 1.14 bits per heavy atom. The number of nitrogens with zero attached hydrogens (tertiary/aromatic N) is 1. The van der Waals surface area contributed by atoms with Gasteiger partial charge < -0.3 is 5.32 Å². The molecule has 1 aliphatic carbocycles. The van der Waals surface area contributed by atoms with Crippen LogP contribution in [0.2, 0.25) is 0 Å². The fraction of sp³-hybridized carbons (Fsp3) is 1.00. The molecule has 2 nitrogen and oxygen atoms in total. The quantitative estimate of drug-likeness (QED) is 0.813. The molecule has 4 atom stereocenters. The van der Waals surface area contributed by atoms with Crippen molar-refractivity contribution in [1.82, 2.24) is 10.2 Å². The van der Waals surface area contributed by atoms with Crippen LogP contribution >= 0.6 is 0 Å². The van der Waals surface area contributed by atoms with Crippen molar-refractivity contribution >= 4 is 0 Å². The minimum atomic E-state index is 0.511. The SMILES string of the molecule is CCNC1CCC(C(C)(C)CC)CC1N1CCCC(C)C1. The molecule has 0 bridgehead atoms. The normalized spacial score (nSPS) is 35.9. The first kappa shape index (κ1) is 17.3. The fourth-order valence-electron chi connectivity index (χ4n) is 4.58. The summed E-state index contributed by atoms with van der Waals surface area (Å²) in [6, 6.07) is 1.50. The van der Waals surface area contributed by atoms with Gasteiger partial charge in [0.25, 0.3) is 0 Å². The van der Waals surface area contributed by atoms with Crippen LogP contribution in [0, 0.1) is 17.3 Å². The van der Waals surface area contributed by atoms with E-state index in [4.69, 9.17) is 0 Å². The zero-order chi connectivity index (χ0) is 15.5. The van der Waals surface area contributed by atoms with Gasteiger partial charge in [0.2, 0.25) is 0 Å². The van der Waals surface area contributed by atoms with Crippen LogP contribution in [0.25, 0.3) is 0 Å². The van der Waals surface area contributed by atoms with Gasteiger partial charge in [-0.3, -0.25) is 4.90 Å². The predicted molar refractivity (Wildman–Crippen MR) is 92.6 cm³/mol. The van der Waals surface area contributed by atoms with Crippen molar-refractivity contribution in [2.24, 2.45) is 17.3 Å². The lowest BCUT2D eigenvalue weighted by molar-refractivity contribution is 0.0300. The number of likely N-dealkylation sites (N-methyl/N-ethyl adjacent to an activating group) is 1. The molecule has 1 aliphatic heterocycles. The summed E-state index contributed by atoms with van der Waals surface area (Å²) in [5, 5.41) is 3.80. The smallest absolute Gasteiger partial charge is 0.0252 e. The molecule has 0 amide bonds. The standard InChI is InChI=1S/C19H38N2/c1-6-19(4,5)16-10-11-17(20-7-2)18(13-16)21-12-8-9-15(3)14-21/h15-18,20H,6-14H2,1-5H3. The molecule has 2 fully saturated rings. The summed E-state index contributed by atoms with van der Waals surface area (Å²) in [4.78, 5) is 2.83. The van der Waals surface area contributed by atoms with Crippen LogP contribution in [-0.2, 0) is 0 Å². The van der Waals surface area contributed by atoms with Gasteiger partial charge in [-0.25, -0.2) is 0 Å². The van der Waals surface area contributed by atoms with E-state index in [0.29, 0.717) is 5.41 Å². The molecule has 0 aromatic carbocycles. The lowest BCUT2D eigenvalue weighted by Gasteiger charge is -2.49. The summed E-state index contributed by atoms with van der Waals surface area (Å²) in [5.74, 6) is 1.79. The van der Waals surface area contributed by atoms with E-state index in [1.807, 2.05) is 0 Å². The average Bonchev–Trinajstić information content (AvgIpc) is 2.48. The molecule has 1 N–H and O–H groups in total. The van der Waals surface area contributed by atoms with Crippen LogP contribution < -0.4 is 5.32 Å². The Balaban J connectivity index is 2.07. The van der Waals surface area contributed by atoms with Gasteiger partial charge in [0.15, 0.2) is 0 Å². The van der Waals surface area contributed by atoms with Crippen LogP contribution in [0.1, 0.15) is 73.1 Å². The topological polar surface area (TPSA) is 15.3 Å². The largest absolute Gasteiger partial charge is 0.313 e. The van der Waals surface area contributed by atoms with Crippen LogP contribution in [0.4, 0.5) is 0 Å². The van der Waals surface area contributed by atoms with E-state index in [2.05, 4.69) is 44.8 Å². The van der Waals surface area contributed by atoms with Crippen molar-refractivity contribution in [3.8, 4) is 0 Å². The maximum Gasteiger partial charge on any atom is 0.0252 e. The van der Waals surface area contributed by atoms with Crippen molar-refractivity contribution in [3.05, 3.63) is 0 Å². The third-order valence-corrected chi connectivity index (χ3v) is 6.46. The highest BCUT2D eigenvalue weighted by Gasteiger charge is 2.39. The molecule has 1 saturated carbocycles. The second-order valence-electron chi connectivity index (χ2n) is 8.33. The van der Waals surface area contributed by atoms with Gasteiger partial charge in [0, 0.05) is 18.6 Å². The molecule has 2 aliphatic rings. The predicted octanol–water partition coefficient (Wildman–Crippen LogP) is 4.30. The summed E-state index contributed by atoms with van der Waals surface area (Å²) < 4.78 is 0. The summed E-state index contributed by atoms with van der Waals surface area (Å²) in [7, 11) is 0. The molecule has 0 spiro atoms. The minimum absolute atomic E-state index is 0.511. The number of nitrogens with one attached hydrogen (secondary N) is 1. The van der Waals surface area contributed by atoms with Crippen molar-refractivity contribution in [1.29, 1.82) is 0 Å². The van der Waals surface area contributed by atoms with Crippen LogP contribution in [0.15, 0.2) is 0 Å². The summed E-state index contributed by atoms with van der Waals surface area (Å²) in [5.41, 5.74) is 0.511. The molecule has 21 heavy (non-hydrogen) atoms. The van der Waals surface area contributed by atoms with Crippen molar-refractivity contribution < 1.29 is 0 Å². The monoisotopic (exact) mass is 294 g/mol. The second-order valence-corrected chi connectivity index (χ2v) is 8.33. The summed E-state index contributed by atoms with van der Waals surface area (Å²) in [6.45, 7) is 15.8. The lowest BCUT2D eigenvalue weighted by Crippen LogP contribution is -2.56. The third kappa shape index (κ3) is 4.22. The molecule has 4 unspecified atom stereocenters. The molecule has 1 heterocycles. The van der Waals surface area contributed by atoms with Gasteiger partial charge >= 0.3 is 0 Å². The van der Waals surface area contributed by atoms with Gasteiger partial charge in [0.1, 0.15) is 0 Å². The Labute approximate surface area is 133 Å². The molecular formula is C19H38N2. The maximum atomic E-state index is 3.80. The second kappa shape index (κ2) is 7.46. The number of hydrogen-bond donors (Lipinski definition) is 1. The van der Waals surface area contributed by atoms with E-state index >= 15 is 0 Å². The molecule has 124 valence electrons. The Kier molecular flexibility index (Phi) is 6.14. The molecular weight excluding hydrogens is 256 g/mol. The van der Waals surface area contributed by atoms with E-state index < -0.39 is 0 Å². The van der Waals surface area contributed by atoms with E-state index in [1.165, 1.54) is 51.6 Å². The minimum Gasteiger partial charge on any atom is -0.313 e. The van der Waals surface area contributed by atoms with E-state index in [1.54, 1.807) is 0 Å². The Bertz CT molecular complexity index is 313. The first-order chi connectivity index (χ1) is 9.97.